The molecule has 120 valence electrons. The Morgan fingerprint density at radius 3 is 2.36 bits per heavy atom. The van der Waals surface area contributed by atoms with Crippen LogP contribution < -0.4 is 0 Å². The lowest BCUT2D eigenvalue weighted by Crippen LogP contribution is -2.30. The normalized spacial score (nSPS) is 20.3. The lowest BCUT2D eigenvalue weighted by Gasteiger charge is -2.23. The van der Waals surface area contributed by atoms with Gasteiger partial charge in [-0.25, -0.2) is 0 Å². The second-order valence-electron chi connectivity index (χ2n) is 7.31. The second-order valence-corrected chi connectivity index (χ2v) is 7.31. The molecule has 1 amide bonds. The highest BCUT2D eigenvalue weighted by Gasteiger charge is 2.34. The van der Waals surface area contributed by atoms with E-state index in [1.165, 1.54) is 11.1 Å². The first kappa shape index (κ1) is 16.5. The Morgan fingerprint density at radius 2 is 1.91 bits per heavy atom. The van der Waals surface area contributed by atoms with E-state index in [-0.39, 0.29) is 23.7 Å². The van der Waals surface area contributed by atoms with Gasteiger partial charge in [-0.2, -0.15) is 0 Å². The van der Waals surface area contributed by atoms with Gasteiger partial charge in [-0.05, 0) is 22.5 Å². The van der Waals surface area contributed by atoms with Crippen LogP contribution in [0.3, 0.4) is 0 Å². The molecule has 0 aromatic heterocycles. The van der Waals surface area contributed by atoms with E-state index in [9.17, 15) is 9.59 Å². The van der Waals surface area contributed by atoms with Gasteiger partial charge in [0.05, 0.1) is 5.92 Å². The predicted octanol–water partition coefficient (Wildman–Crippen LogP) is 3.02. The van der Waals surface area contributed by atoms with E-state index in [4.69, 9.17) is 5.11 Å². The summed E-state index contributed by atoms with van der Waals surface area (Å²) in [7, 11) is 0. The largest absolute Gasteiger partial charge is 0.481 e. The lowest BCUT2D eigenvalue weighted by atomic mass is 9.85. The van der Waals surface area contributed by atoms with Crippen molar-refractivity contribution in [2.45, 2.75) is 45.4 Å². The maximum absolute atomic E-state index is 11.9. The standard InChI is InChI=1S/C18H25NO3/c1-12(10-19-11-14(17(21)22)9-16(19)20)13-5-7-15(8-6-13)18(2,3)4/h5-8,12,14H,9-11H2,1-4H3,(H,21,22)/t12-,14+/m0/s1. The predicted molar refractivity (Wildman–Crippen MR) is 85.9 cm³/mol. The zero-order valence-electron chi connectivity index (χ0n) is 13.8. The maximum Gasteiger partial charge on any atom is 0.308 e. The van der Waals surface area contributed by atoms with Gasteiger partial charge >= 0.3 is 5.97 Å². The first-order chi connectivity index (χ1) is 10.2. The van der Waals surface area contributed by atoms with Crippen LogP contribution in [-0.2, 0) is 15.0 Å². The van der Waals surface area contributed by atoms with Crippen molar-refractivity contribution in [3.8, 4) is 0 Å². The van der Waals surface area contributed by atoms with Crippen LogP contribution >= 0.6 is 0 Å². The highest BCUT2D eigenvalue weighted by molar-refractivity contribution is 5.86. The van der Waals surface area contributed by atoms with Gasteiger partial charge in [-0.3, -0.25) is 9.59 Å². The topological polar surface area (TPSA) is 57.6 Å². The van der Waals surface area contributed by atoms with Gasteiger partial charge in [-0.15, -0.1) is 0 Å². The molecule has 0 spiro atoms. The summed E-state index contributed by atoms with van der Waals surface area (Å²) in [6.07, 6.45) is 0.130. The van der Waals surface area contributed by atoms with Crippen LogP contribution in [0.2, 0.25) is 0 Å². The molecule has 2 rings (SSSR count). The summed E-state index contributed by atoms with van der Waals surface area (Å²) in [4.78, 5) is 24.6. The molecule has 0 bridgehead atoms. The number of aliphatic carboxylic acids is 1. The number of rotatable bonds is 4. The fourth-order valence-electron chi connectivity index (χ4n) is 2.86. The monoisotopic (exact) mass is 303 g/mol. The summed E-state index contributed by atoms with van der Waals surface area (Å²) in [6.45, 7) is 9.53. The van der Waals surface area contributed by atoms with E-state index in [0.29, 0.717) is 13.1 Å². The van der Waals surface area contributed by atoms with Gasteiger partial charge < -0.3 is 10.0 Å². The highest BCUT2D eigenvalue weighted by Crippen LogP contribution is 2.26. The Kier molecular flexibility index (Phi) is 4.59. The number of likely N-dealkylation sites (tertiary alicyclic amines) is 1. The molecule has 0 unspecified atom stereocenters. The molecule has 22 heavy (non-hydrogen) atoms. The van der Waals surface area contributed by atoms with E-state index >= 15 is 0 Å². The Labute approximate surface area is 132 Å². The first-order valence-corrected chi connectivity index (χ1v) is 7.79. The van der Waals surface area contributed by atoms with Crippen molar-refractivity contribution in [2.75, 3.05) is 13.1 Å². The number of carbonyl (C=O) groups is 2. The second kappa shape index (κ2) is 6.11. The Bertz CT molecular complexity index is 557. The quantitative estimate of drug-likeness (QED) is 0.930. The van der Waals surface area contributed by atoms with Crippen LogP contribution in [0.15, 0.2) is 24.3 Å². The molecule has 0 radical (unpaired) electrons. The molecule has 1 fully saturated rings. The van der Waals surface area contributed by atoms with Crippen molar-refractivity contribution in [1.82, 2.24) is 4.90 Å². The molecule has 4 heteroatoms. The number of carboxylic acid groups (broad SMARTS) is 1. The molecular formula is C18H25NO3. The molecule has 1 heterocycles. The minimum Gasteiger partial charge on any atom is -0.481 e. The fourth-order valence-corrected chi connectivity index (χ4v) is 2.86. The number of benzene rings is 1. The molecular weight excluding hydrogens is 278 g/mol. The Morgan fingerprint density at radius 1 is 1.32 bits per heavy atom. The third-order valence-electron chi connectivity index (χ3n) is 4.40. The first-order valence-electron chi connectivity index (χ1n) is 7.79. The van der Waals surface area contributed by atoms with Crippen LogP contribution in [0.4, 0.5) is 0 Å². The van der Waals surface area contributed by atoms with E-state index in [1.54, 1.807) is 4.90 Å². The fraction of sp³-hybridized carbons (Fsp3) is 0.556. The van der Waals surface area contributed by atoms with Crippen molar-refractivity contribution >= 4 is 11.9 Å². The smallest absolute Gasteiger partial charge is 0.308 e. The van der Waals surface area contributed by atoms with Gasteiger partial charge in [0.25, 0.3) is 0 Å². The number of nitrogens with zero attached hydrogens (tertiary/aromatic N) is 1. The van der Waals surface area contributed by atoms with Gasteiger partial charge in [0.2, 0.25) is 5.91 Å². The van der Waals surface area contributed by atoms with Gasteiger partial charge in [0, 0.05) is 19.5 Å². The lowest BCUT2D eigenvalue weighted by molar-refractivity contribution is -0.141. The summed E-state index contributed by atoms with van der Waals surface area (Å²) in [5, 5.41) is 9.03. The average Bonchev–Trinajstić information content (AvgIpc) is 2.79. The van der Waals surface area contributed by atoms with Gasteiger partial charge in [0.1, 0.15) is 0 Å². The maximum atomic E-state index is 11.9. The summed E-state index contributed by atoms with van der Waals surface area (Å²) >= 11 is 0. The van der Waals surface area contributed by atoms with Crippen LogP contribution in [0.5, 0.6) is 0 Å². The molecule has 1 aromatic carbocycles. The minimum atomic E-state index is -0.877. The SMILES string of the molecule is C[C@@H](CN1C[C@H](C(=O)O)CC1=O)c1ccc(C(C)(C)C)cc1. The highest BCUT2D eigenvalue weighted by atomic mass is 16.4. The van der Waals surface area contributed by atoms with Crippen LogP contribution in [-0.4, -0.2) is 35.0 Å². The van der Waals surface area contributed by atoms with Crippen molar-refractivity contribution in [3.63, 3.8) is 0 Å². The summed E-state index contributed by atoms with van der Waals surface area (Å²) in [5.74, 6) is -1.28. The summed E-state index contributed by atoms with van der Waals surface area (Å²) in [5.41, 5.74) is 2.59. The summed E-state index contributed by atoms with van der Waals surface area (Å²) < 4.78 is 0. The Balaban J connectivity index is 2.02. The molecule has 1 aliphatic heterocycles. The third kappa shape index (κ3) is 3.67. The van der Waals surface area contributed by atoms with Crippen molar-refractivity contribution in [3.05, 3.63) is 35.4 Å². The average molecular weight is 303 g/mol. The van der Waals surface area contributed by atoms with E-state index in [2.05, 4.69) is 52.0 Å². The number of hydrogen-bond donors (Lipinski definition) is 1. The van der Waals surface area contributed by atoms with Crippen LogP contribution in [0, 0.1) is 5.92 Å². The number of carboxylic acids is 1. The zero-order valence-corrected chi connectivity index (χ0v) is 13.8. The number of hydrogen-bond acceptors (Lipinski definition) is 2. The molecule has 1 aliphatic rings. The Hall–Kier alpha value is -1.84. The molecule has 2 atom stereocenters. The van der Waals surface area contributed by atoms with Crippen molar-refractivity contribution < 1.29 is 14.7 Å². The third-order valence-corrected chi connectivity index (χ3v) is 4.40. The van der Waals surface area contributed by atoms with E-state index < -0.39 is 11.9 Å². The van der Waals surface area contributed by atoms with E-state index in [1.807, 2.05) is 0 Å². The molecule has 1 N–H and O–H groups in total. The molecule has 0 aliphatic carbocycles. The van der Waals surface area contributed by atoms with Gasteiger partial charge in [-0.1, -0.05) is 52.0 Å². The van der Waals surface area contributed by atoms with Crippen LogP contribution in [0.25, 0.3) is 0 Å². The molecule has 1 saturated heterocycles. The molecule has 0 saturated carbocycles. The summed E-state index contributed by atoms with van der Waals surface area (Å²) in [6, 6.07) is 8.50. The zero-order chi connectivity index (χ0) is 16.5. The minimum absolute atomic E-state index is 0.0504. The number of carbonyl (C=O) groups excluding carboxylic acids is 1. The van der Waals surface area contributed by atoms with Crippen LogP contribution in [0.1, 0.15) is 51.2 Å². The van der Waals surface area contributed by atoms with Crippen molar-refractivity contribution in [1.29, 1.82) is 0 Å². The molecule has 4 nitrogen and oxygen atoms in total. The van der Waals surface area contributed by atoms with E-state index in [0.717, 1.165) is 0 Å². The number of amides is 1. The van der Waals surface area contributed by atoms with Crippen molar-refractivity contribution in [2.24, 2.45) is 5.92 Å². The van der Waals surface area contributed by atoms with Gasteiger partial charge in [0.15, 0.2) is 0 Å². The molecule has 1 aromatic rings.